The van der Waals surface area contributed by atoms with Crippen LogP contribution in [0.4, 0.5) is 0 Å². The van der Waals surface area contributed by atoms with Gasteiger partial charge in [0.25, 0.3) is 0 Å². The Hall–Kier alpha value is -2.10. The Bertz CT molecular complexity index is 628. The van der Waals surface area contributed by atoms with Crippen molar-refractivity contribution in [3.8, 4) is 0 Å². The van der Waals surface area contributed by atoms with E-state index < -0.39 is 11.4 Å². The molecule has 0 saturated carbocycles. The number of rotatable bonds is 3. The SMILES string of the molecule is CCCc1cccc2c(=O)c(C(=O)O)c[nH]c12. The standard InChI is InChI=1S/C13H13NO3/c1-2-4-8-5-3-6-9-11(8)14-7-10(12(9)15)13(16)17/h3,5-7H,2,4H2,1H3,(H,14,15)(H,16,17). The average molecular weight is 231 g/mol. The Kier molecular flexibility index (Phi) is 2.95. The molecule has 0 unspecified atom stereocenters. The van der Waals surface area contributed by atoms with Crippen molar-refractivity contribution in [1.82, 2.24) is 4.98 Å². The molecule has 0 aliphatic rings. The van der Waals surface area contributed by atoms with Gasteiger partial charge < -0.3 is 10.1 Å². The normalized spacial score (nSPS) is 10.6. The fourth-order valence-electron chi connectivity index (χ4n) is 1.95. The first-order chi connectivity index (χ1) is 8.15. The zero-order valence-electron chi connectivity index (χ0n) is 9.49. The van der Waals surface area contributed by atoms with E-state index in [0.29, 0.717) is 5.39 Å². The van der Waals surface area contributed by atoms with Crippen molar-refractivity contribution >= 4 is 16.9 Å². The lowest BCUT2D eigenvalue weighted by Crippen LogP contribution is -2.15. The van der Waals surface area contributed by atoms with Gasteiger partial charge in [0.2, 0.25) is 5.43 Å². The summed E-state index contributed by atoms with van der Waals surface area (Å²) in [5, 5.41) is 9.32. The summed E-state index contributed by atoms with van der Waals surface area (Å²) in [6.07, 6.45) is 3.10. The highest BCUT2D eigenvalue weighted by molar-refractivity contribution is 5.92. The first-order valence-corrected chi connectivity index (χ1v) is 5.51. The monoisotopic (exact) mass is 231 g/mol. The third-order valence-electron chi connectivity index (χ3n) is 2.75. The topological polar surface area (TPSA) is 70.2 Å². The second kappa shape index (κ2) is 4.41. The molecule has 2 aromatic rings. The van der Waals surface area contributed by atoms with Crippen LogP contribution in [0, 0.1) is 0 Å². The Balaban J connectivity index is 2.76. The maximum atomic E-state index is 11.9. The smallest absolute Gasteiger partial charge is 0.341 e. The second-order valence-electron chi connectivity index (χ2n) is 3.93. The third-order valence-corrected chi connectivity index (χ3v) is 2.75. The van der Waals surface area contributed by atoms with E-state index in [1.807, 2.05) is 6.07 Å². The number of carbonyl (C=O) groups is 1. The number of carboxylic acids is 1. The summed E-state index contributed by atoms with van der Waals surface area (Å²) in [6, 6.07) is 5.39. The van der Waals surface area contributed by atoms with Crippen molar-refractivity contribution in [1.29, 1.82) is 0 Å². The molecule has 2 rings (SSSR count). The lowest BCUT2D eigenvalue weighted by molar-refractivity contribution is 0.0695. The molecule has 1 heterocycles. The molecule has 0 atom stereocenters. The molecular formula is C13H13NO3. The number of aryl methyl sites for hydroxylation is 1. The Morgan fingerprint density at radius 3 is 2.82 bits per heavy atom. The molecule has 2 N–H and O–H groups in total. The highest BCUT2D eigenvalue weighted by Crippen LogP contribution is 2.15. The number of aromatic nitrogens is 1. The molecular weight excluding hydrogens is 218 g/mol. The maximum Gasteiger partial charge on any atom is 0.341 e. The van der Waals surface area contributed by atoms with Crippen molar-refractivity contribution in [2.75, 3.05) is 0 Å². The summed E-state index contributed by atoms with van der Waals surface area (Å²) in [6.45, 7) is 2.06. The van der Waals surface area contributed by atoms with E-state index in [-0.39, 0.29) is 5.56 Å². The Morgan fingerprint density at radius 1 is 1.41 bits per heavy atom. The quantitative estimate of drug-likeness (QED) is 0.850. The summed E-state index contributed by atoms with van der Waals surface area (Å²) in [5.41, 5.74) is 1.14. The van der Waals surface area contributed by atoms with Crippen LogP contribution in [0.15, 0.2) is 29.2 Å². The number of aromatic carboxylic acids is 1. The molecule has 0 bridgehead atoms. The number of pyridine rings is 1. The number of benzene rings is 1. The summed E-state index contributed by atoms with van der Waals surface area (Å²) in [4.78, 5) is 25.7. The number of nitrogens with one attached hydrogen (secondary N) is 1. The van der Waals surface area contributed by atoms with Crippen molar-refractivity contribution in [3.63, 3.8) is 0 Å². The van der Waals surface area contributed by atoms with Crippen LogP contribution in [0.5, 0.6) is 0 Å². The minimum atomic E-state index is -1.20. The molecule has 1 aromatic heterocycles. The van der Waals surface area contributed by atoms with E-state index in [4.69, 9.17) is 5.11 Å². The number of carboxylic acid groups (broad SMARTS) is 1. The summed E-state index contributed by atoms with van der Waals surface area (Å²) in [7, 11) is 0. The van der Waals surface area contributed by atoms with Crippen LogP contribution in [-0.2, 0) is 6.42 Å². The first kappa shape index (κ1) is 11.4. The van der Waals surface area contributed by atoms with Crippen LogP contribution >= 0.6 is 0 Å². The van der Waals surface area contributed by atoms with Gasteiger partial charge in [-0.15, -0.1) is 0 Å². The molecule has 88 valence electrons. The number of para-hydroxylation sites is 1. The van der Waals surface area contributed by atoms with Crippen molar-refractivity contribution in [2.45, 2.75) is 19.8 Å². The Labute approximate surface area is 97.9 Å². The van der Waals surface area contributed by atoms with E-state index in [1.165, 1.54) is 6.20 Å². The predicted octanol–water partition coefficient (Wildman–Crippen LogP) is 2.18. The number of fused-ring (bicyclic) bond motifs is 1. The zero-order valence-corrected chi connectivity index (χ0v) is 9.49. The molecule has 0 amide bonds. The molecule has 0 radical (unpaired) electrons. The van der Waals surface area contributed by atoms with E-state index in [9.17, 15) is 9.59 Å². The Morgan fingerprint density at radius 2 is 2.18 bits per heavy atom. The molecule has 0 fully saturated rings. The number of hydrogen-bond acceptors (Lipinski definition) is 2. The minimum absolute atomic E-state index is 0.217. The van der Waals surface area contributed by atoms with Crippen LogP contribution in [0.25, 0.3) is 10.9 Å². The van der Waals surface area contributed by atoms with Crippen LogP contribution in [-0.4, -0.2) is 16.1 Å². The van der Waals surface area contributed by atoms with Gasteiger partial charge in [0.05, 0.1) is 5.52 Å². The van der Waals surface area contributed by atoms with E-state index in [0.717, 1.165) is 23.9 Å². The van der Waals surface area contributed by atoms with Crippen LogP contribution in [0.3, 0.4) is 0 Å². The van der Waals surface area contributed by atoms with Gasteiger partial charge in [0, 0.05) is 11.6 Å². The summed E-state index contributed by atoms with van der Waals surface area (Å²) in [5.74, 6) is -1.20. The minimum Gasteiger partial charge on any atom is -0.477 e. The third kappa shape index (κ3) is 1.93. The molecule has 0 aliphatic heterocycles. The van der Waals surface area contributed by atoms with Gasteiger partial charge in [-0.3, -0.25) is 4.79 Å². The van der Waals surface area contributed by atoms with Crippen molar-refractivity contribution < 1.29 is 9.90 Å². The highest BCUT2D eigenvalue weighted by atomic mass is 16.4. The molecule has 0 spiro atoms. The number of hydrogen-bond donors (Lipinski definition) is 2. The number of H-pyrrole nitrogens is 1. The van der Waals surface area contributed by atoms with Gasteiger partial charge in [-0.1, -0.05) is 25.5 Å². The van der Waals surface area contributed by atoms with E-state index in [2.05, 4.69) is 11.9 Å². The first-order valence-electron chi connectivity index (χ1n) is 5.51. The average Bonchev–Trinajstić information content (AvgIpc) is 2.30. The molecule has 4 heteroatoms. The highest BCUT2D eigenvalue weighted by Gasteiger charge is 2.12. The van der Waals surface area contributed by atoms with Gasteiger partial charge in [-0.25, -0.2) is 4.79 Å². The molecule has 1 aromatic carbocycles. The molecule has 0 aliphatic carbocycles. The van der Waals surface area contributed by atoms with Gasteiger partial charge >= 0.3 is 5.97 Å². The fourth-order valence-corrected chi connectivity index (χ4v) is 1.95. The van der Waals surface area contributed by atoms with Crippen LogP contribution < -0.4 is 5.43 Å². The molecule has 17 heavy (non-hydrogen) atoms. The maximum absolute atomic E-state index is 11.9. The fraction of sp³-hybridized carbons (Fsp3) is 0.231. The van der Waals surface area contributed by atoms with Crippen molar-refractivity contribution in [3.05, 3.63) is 45.7 Å². The molecule has 4 nitrogen and oxygen atoms in total. The van der Waals surface area contributed by atoms with Crippen molar-refractivity contribution in [2.24, 2.45) is 0 Å². The lowest BCUT2D eigenvalue weighted by atomic mass is 10.0. The second-order valence-corrected chi connectivity index (χ2v) is 3.93. The summed E-state index contributed by atoms with van der Waals surface area (Å²) < 4.78 is 0. The lowest BCUT2D eigenvalue weighted by Gasteiger charge is -2.05. The van der Waals surface area contributed by atoms with Gasteiger partial charge in [0.1, 0.15) is 5.56 Å². The zero-order chi connectivity index (χ0) is 12.4. The van der Waals surface area contributed by atoms with Gasteiger partial charge in [-0.05, 0) is 18.1 Å². The largest absolute Gasteiger partial charge is 0.477 e. The van der Waals surface area contributed by atoms with Crippen LogP contribution in [0.1, 0.15) is 29.3 Å². The molecule has 0 saturated heterocycles. The van der Waals surface area contributed by atoms with Gasteiger partial charge in [0.15, 0.2) is 0 Å². The predicted molar refractivity (Wildman–Crippen MR) is 65.5 cm³/mol. The van der Waals surface area contributed by atoms with Crippen LogP contribution in [0.2, 0.25) is 0 Å². The van der Waals surface area contributed by atoms with Gasteiger partial charge in [-0.2, -0.15) is 0 Å². The van der Waals surface area contributed by atoms with E-state index in [1.54, 1.807) is 12.1 Å². The van der Waals surface area contributed by atoms with E-state index >= 15 is 0 Å². The summed E-state index contributed by atoms with van der Waals surface area (Å²) >= 11 is 0. The number of aromatic amines is 1.